The molecule has 0 N–H and O–H groups in total. The third-order valence-electron chi connectivity index (χ3n) is 4.96. The van der Waals surface area contributed by atoms with Crippen LogP contribution in [0.4, 0.5) is 0 Å². The van der Waals surface area contributed by atoms with Crippen LogP contribution in [-0.2, 0) is 6.54 Å². The van der Waals surface area contributed by atoms with Gasteiger partial charge in [-0.3, -0.25) is 4.98 Å². The zero-order valence-electron chi connectivity index (χ0n) is 13.4. The molecular formula is C20H14N5+. The first kappa shape index (κ1) is 12.9. The molecular weight excluding hydrogens is 310 g/mol. The maximum absolute atomic E-state index is 4.68. The van der Waals surface area contributed by atoms with Gasteiger partial charge in [0, 0.05) is 24.2 Å². The highest BCUT2D eigenvalue weighted by Crippen LogP contribution is 2.34. The lowest BCUT2D eigenvalue weighted by Gasteiger charge is -2.01. The molecule has 4 aromatic heterocycles. The van der Waals surface area contributed by atoms with Crippen LogP contribution in [0.3, 0.4) is 0 Å². The zero-order valence-corrected chi connectivity index (χ0v) is 13.4. The molecule has 5 nitrogen and oxygen atoms in total. The van der Waals surface area contributed by atoms with Crippen LogP contribution < -0.4 is 4.57 Å². The Morgan fingerprint density at radius 2 is 1.92 bits per heavy atom. The van der Waals surface area contributed by atoms with Crippen molar-refractivity contribution in [3.8, 4) is 17.2 Å². The van der Waals surface area contributed by atoms with E-state index in [9.17, 15) is 0 Å². The predicted octanol–water partition coefficient (Wildman–Crippen LogP) is 2.99. The van der Waals surface area contributed by atoms with Crippen LogP contribution in [0.5, 0.6) is 0 Å². The summed E-state index contributed by atoms with van der Waals surface area (Å²) in [5, 5.41) is 0. The monoisotopic (exact) mass is 324 g/mol. The Balaban J connectivity index is 1.84. The van der Waals surface area contributed by atoms with E-state index in [1.807, 2.05) is 36.9 Å². The lowest BCUT2D eigenvalue weighted by molar-refractivity contribution is -0.645. The Morgan fingerprint density at radius 3 is 2.84 bits per heavy atom. The van der Waals surface area contributed by atoms with Crippen molar-refractivity contribution in [1.82, 2.24) is 18.9 Å². The van der Waals surface area contributed by atoms with Gasteiger partial charge < -0.3 is 4.40 Å². The van der Waals surface area contributed by atoms with Gasteiger partial charge in [0.15, 0.2) is 11.2 Å². The molecule has 0 amide bonds. The van der Waals surface area contributed by atoms with E-state index in [1.165, 1.54) is 16.6 Å². The lowest BCUT2D eigenvalue weighted by atomic mass is 10.2. The van der Waals surface area contributed by atoms with E-state index in [1.54, 1.807) is 0 Å². The molecule has 0 saturated carbocycles. The van der Waals surface area contributed by atoms with Crippen molar-refractivity contribution in [2.75, 3.05) is 0 Å². The van der Waals surface area contributed by atoms with Crippen molar-refractivity contribution in [3.63, 3.8) is 0 Å². The molecule has 5 heteroatoms. The van der Waals surface area contributed by atoms with Gasteiger partial charge in [0.2, 0.25) is 5.52 Å². The fourth-order valence-corrected chi connectivity index (χ4v) is 3.92. The summed E-state index contributed by atoms with van der Waals surface area (Å²) >= 11 is 0. The van der Waals surface area contributed by atoms with Gasteiger partial charge in [-0.25, -0.2) is 9.55 Å². The average Bonchev–Trinajstić information content (AvgIpc) is 3.30. The molecule has 0 bridgehead atoms. The molecule has 5 aromatic rings. The molecule has 0 fully saturated rings. The van der Waals surface area contributed by atoms with Crippen molar-refractivity contribution in [1.29, 1.82) is 0 Å². The summed E-state index contributed by atoms with van der Waals surface area (Å²) in [7, 11) is 0. The molecule has 6 rings (SSSR count). The van der Waals surface area contributed by atoms with Crippen molar-refractivity contribution in [3.05, 3.63) is 79.0 Å². The first-order valence-corrected chi connectivity index (χ1v) is 8.30. The minimum absolute atomic E-state index is 0.846. The Bertz CT molecular complexity index is 1260. The molecule has 1 aromatic carbocycles. The third-order valence-corrected chi connectivity index (χ3v) is 4.96. The topological polar surface area (TPSA) is 39.0 Å². The minimum atomic E-state index is 0.846. The van der Waals surface area contributed by atoms with Crippen molar-refractivity contribution >= 4 is 16.6 Å². The second kappa shape index (κ2) is 4.54. The van der Waals surface area contributed by atoms with E-state index in [0.717, 1.165) is 29.3 Å². The van der Waals surface area contributed by atoms with E-state index in [-0.39, 0.29) is 0 Å². The number of pyridine rings is 1. The van der Waals surface area contributed by atoms with Crippen LogP contribution in [0.15, 0.2) is 73.4 Å². The highest BCUT2D eigenvalue weighted by Gasteiger charge is 2.37. The number of hydrogen-bond acceptors (Lipinski definition) is 2. The van der Waals surface area contributed by atoms with E-state index < -0.39 is 0 Å². The number of para-hydroxylation sites is 1. The Morgan fingerprint density at radius 1 is 1.00 bits per heavy atom. The van der Waals surface area contributed by atoms with Crippen LogP contribution in [-0.4, -0.2) is 18.9 Å². The molecule has 0 unspecified atom stereocenters. The van der Waals surface area contributed by atoms with E-state index in [2.05, 4.69) is 60.0 Å². The molecule has 0 atom stereocenters. The van der Waals surface area contributed by atoms with Crippen LogP contribution in [0.2, 0.25) is 0 Å². The number of imidazole rings is 1. The van der Waals surface area contributed by atoms with E-state index in [0.29, 0.717) is 0 Å². The number of aromatic nitrogens is 5. The third kappa shape index (κ3) is 1.59. The fourth-order valence-electron chi connectivity index (χ4n) is 3.92. The summed E-state index contributed by atoms with van der Waals surface area (Å²) in [4.78, 5) is 9.02. The second-order valence-corrected chi connectivity index (χ2v) is 6.32. The Kier molecular flexibility index (Phi) is 2.34. The van der Waals surface area contributed by atoms with Crippen LogP contribution >= 0.6 is 0 Å². The van der Waals surface area contributed by atoms with Gasteiger partial charge in [0.1, 0.15) is 17.7 Å². The predicted molar refractivity (Wildman–Crippen MR) is 94.6 cm³/mol. The number of rotatable bonds is 1. The zero-order chi connectivity index (χ0) is 16.4. The summed E-state index contributed by atoms with van der Waals surface area (Å²) in [5.41, 5.74) is 6.93. The largest absolute Gasteiger partial charge is 0.314 e. The van der Waals surface area contributed by atoms with Gasteiger partial charge in [-0.1, -0.05) is 24.3 Å². The molecule has 118 valence electrons. The minimum Gasteiger partial charge on any atom is -0.313 e. The van der Waals surface area contributed by atoms with Gasteiger partial charge in [-0.15, -0.1) is 0 Å². The van der Waals surface area contributed by atoms with Crippen LogP contribution in [0, 0.1) is 0 Å². The molecule has 0 saturated heterocycles. The maximum atomic E-state index is 4.68. The van der Waals surface area contributed by atoms with Crippen LogP contribution in [0.1, 0.15) is 5.56 Å². The quantitative estimate of drug-likeness (QED) is 0.436. The number of nitrogens with zero attached hydrogens (tertiary/aromatic N) is 5. The average molecular weight is 324 g/mol. The summed E-state index contributed by atoms with van der Waals surface area (Å²) in [6.45, 7) is 0.846. The van der Waals surface area contributed by atoms with Gasteiger partial charge in [-0.05, 0) is 18.2 Å². The molecule has 1 aliphatic heterocycles. The Hall–Kier alpha value is -3.47. The van der Waals surface area contributed by atoms with Gasteiger partial charge in [0.05, 0.1) is 12.4 Å². The van der Waals surface area contributed by atoms with Crippen molar-refractivity contribution < 1.29 is 4.57 Å². The van der Waals surface area contributed by atoms with E-state index in [4.69, 9.17) is 0 Å². The standard InChI is InChI=1S/C20H14N5/c1-2-6-15(7-3-1)25-19-16-11-21-9-10-23(16)13-17(19)24-12-14-5-4-8-22-18(14)20(24)25/h1-11,13H,12H2/q+1. The molecule has 1 aliphatic rings. The highest BCUT2D eigenvalue weighted by molar-refractivity contribution is 5.93. The number of benzene rings is 1. The molecule has 0 radical (unpaired) electrons. The fraction of sp³-hybridized carbons (Fsp3) is 0.0500. The smallest absolute Gasteiger partial charge is 0.313 e. The summed E-state index contributed by atoms with van der Waals surface area (Å²) in [6.07, 6.45) is 9.80. The normalized spacial score (nSPS) is 12.6. The molecule has 25 heavy (non-hydrogen) atoms. The van der Waals surface area contributed by atoms with E-state index >= 15 is 0 Å². The van der Waals surface area contributed by atoms with Crippen molar-refractivity contribution in [2.24, 2.45) is 0 Å². The van der Waals surface area contributed by atoms with Gasteiger partial charge >= 0.3 is 5.82 Å². The first-order valence-electron chi connectivity index (χ1n) is 8.30. The van der Waals surface area contributed by atoms with Gasteiger partial charge in [0.25, 0.3) is 0 Å². The lowest BCUT2D eigenvalue weighted by Crippen LogP contribution is -2.31. The molecule has 5 heterocycles. The second-order valence-electron chi connectivity index (χ2n) is 6.32. The highest BCUT2D eigenvalue weighted by atomic mass is 15.2. The molecule has 0 aliphatic carbocycles. The summed E-state index contributed by atoms with van der Waals surface area (Å²) in [5.74, 6) is 1.14. The van der Waals surface area contributed by atoms with Crippen molar-refractivity contribution in [2.45, 2.75) is 6.54 Å². The number of fused-ring (bicyclic) bond motifs is 7. The van der Waals surface area contributed by atoms with Gasteiger partial charge in [-0.2, -0.15) is 4.57 Å². The summed E-state index contributed by atoms with van der Waals surface area (Å²) < 4.78 is 6.80. The first-order chi connectivity index (χ1) is 12.4. The molecule has 0 spiro atoms. The summed E-state index contributed by atoms with van der Waals surface area (Å²) in [6, 6.07) is 14.6. The van der Waals surface area contributed by atoms with Crippen LogP contribution in [0.25, 0.3) is 33.8 Å². The SMILES string of the molecule is c1ccc(-n2c3[n+](c4cn5ccncc5c42)Cc2cccnc2-3)cc1. The Labute approximate surface area is 143 Å². The maximum Gasteiger partial charge on any atom is 0.314 e. The number of hydrogen-bond donors (Lipinski definition) is 0.